The van der Waals surface area contributed by atoms with E-state index in [0.717, 1.165) is 6.07 Å². The normalized spacial score (nSPS) is 11.4. The molecule has 0 spiro atoms. The van der Waals surface area contributed by atoms with Gasteiger partial charge in [-0.25, -0.2) is 8.42 Å². The van der Waals surface area contributed by atoms with Gasteiger partial charge in [-0.15, -0.1) is 0 Å². The third-order valence-electron chi connectivity index (χ3n) is 3.63. The van der Waals surface area contributed by atoms with E-state index >= 15 is 0 Å². The Morgan fingerprint density at radius 1 is 1.11 bits per heavy atom. The van der Waals surface area contributed by atoms with E-state index in [1.165, 1.54) is 29.1 Å². The number of hydrogen-bond acceptors (Lipinski definition) is 5. The zero-order chi connectivity index (χ0) is 20.5. The molecule has 0 atom stereocenters. The summed E-state index contributed by atoms with van der Waals surface area (Å²) in [6, 6.07) is 9.60. The third kappa shape index (κ3) is 4.56. The maximum absolute atomic E-state index is 12.5. The van der Waals surface area contributed by atoms with Crippen molar-refractivity contribution in [3.63, 3.8) is 0 Å². The molecule has 0 unspecified atom stereocenters. The maximum Gasteiger partial charge on any atom is 0.270 e. The number of nitro groups is 1. The first kappa shape index (κ1) is 20.4. The van der Waals surface area contributed by atoms with Crippen molar-refractivity contribution in [2.45, 2.75) is 11.4 Å². The molecule has 8 nitrogen and oxygen atoms in total. The fourth-order valence-corrected chi connectivity index (χ4v) is 4.10. The van der Waals surface area contributed by atoms with Crippen LogP contribution in [0.25, 0.3) is 0 Å². The second kappa shape index (κ2) is 7.96. The smallest absolute Gasteiger partial charge is 0.265 e. The summed E-state index contributed by atoms with van der Waals surface area (Å²) in [5, 5.41) is 15.9. The van der Waals surface area contributed by atoms with Crippen LogP contribution in [0.1, 0.15) is 5.56 Å². The summed E-state index contributed by atoms with van der Waals surface area (Å²) < 4.78 is 28.7. The van der Waals surface area contributed by atoms with Gasteiger partial charge < -0.3 is 0 Å². The van der Waals surface area contributed by atoms with E-state index in [0.29, 0.717) is 15.6 Å². The van der Waals surface area contributed by atoms with Crippen LogP contribution in [0.15, 0.2) is 53.6 Å². The summed E-state index contributed by atoms with van der Waals surface area (Å²) >= 11 is 18.1. The number of benzene rings is 2. The van der Waals surface area contributed by atoms with Crippen LogP contribution in [-0.4, -0.2) is 23.1 Å². The summed E-state index contributed by atoms with van der Waals surface area (Å²) in [6.07, 6.45) is 1.43. The molecule has 2 aromatic carbocycles. The van der Waals surface area contributed by atoms with Gasteiger partial charge >= 0.3 is 0 Å². The minimum atomic E-state index is -4.12. The number of non-ortho nitro benzene ring substituents is 1. The fourth-order valence-electron chi connectivity index (χ4n) is 2.32. The van der Waals surface area contributed by atoms with Crippen molar-refractivity contribution in [2.24, 2.45) is 0 Å². The molecule has 0 fully saturated rings. The largest absolute Gasteiger partial charge is 0.270 e. The number of hydrogen-bond donors (Lipinski definition) is 1. The highest BCUT2D eigenvalue weighted by Gasteiger charge is 2.21. The molecule has 146 valence electrons. The monoisotopic (exact) mass is 460 g/mol. The first-order chi connectivity index (χ1) is 13.2. The Hall–Kier alpha value is -2.33. The average Bonchev–Trinajstić information content (AvgIpc) is 2.96. The Labute approximate surface area is 174 Å². The van der Waals surface area contributed by atoms with Gasteiger partial charge in [0.1, 0.15) is 5.02 Å². The summed E-state index contributed by atoms with van der Waals surface area (Å²) in [6.45, 7) is 0.230. The van der Waals surface area contributed by atoms with Crippen LogP contribution >= 0.6 is 34.8 Å². The first-order valence-corrected chi connectivity index (χ1v) is 10.2. The summed E-state index contributed by atoms with van der Waals surface area (Å²) in [5.74, 6) is -0.113. The topological polar surface area (TPSA) is 107 Å². The van der Waals surface area contributed by atoms with E-state index in [9.17, 15) is 18.5 Å². The molecule has 0 aliphatic rings. The molecular weight excluding hydrogens is 451 g/mol. The van der Waals surface area contributed by atoms with Gasteiger partial charge in [0.15, 0.2) is 5.82 Å². The third-order valence-corrected chi connectivity index (χ3v) is 5.83. The first-order valence-electron chi connectivity index (χ1n) is 7.60. The number of nitrogens with zero attached hydrogens (tertiary/aromatic N) is 3. The van der Waals surface area contributed by atoms with Gasteiger partial charge in [0.05, 0.1) is 16.4 Å². The second-order valence-corrected chi connectivity index (χ2v) is 8.55. The van der Waals surface area contributed by atoms with Crippen molar-refractivity contribution in [1.29, 1.82) is 0 Å². The number of rotatable bonds is 6. The zero-order valence-electron chi connectivity index (χ0n) is 13.8. The number of anilines is 1. The Morgan fingerprint density at radius 3 is 2.54 bits per heavy atom. The van der Waals surface area contributed by atoms with Crippen molar-refractivity contribution in [2.75, 3.05) is 4.72 Å². The van der Waals surface area contributed by atoms with Gasteiger partial charge in [-0.1, -0.05) is 46.9 Å². The highest BCUT2D eigenvalue weighted by Crippen LogP contribution is 2.26. The Balaban J connectivity index is 1.85. The molecule has 0 radical (unpaired) electrons. The van der Waals surface area contributed by atoms with Gasteiger partial charge in [-0.05, 0) is 23.8 Å². The van der Waals surface area contributed by atoms with E-state index in [1.54, 1.807) is 18.2 Å². The highest BCUT2D eigenvalue weighted by molar-refractivity contribution is 7.92. The van der Waals surface area contributed by atoms with E-state index in [1.807, 2.05) is 0 Å². The number of nitro benzene ring substituents is 1. The van der Waals surface area contributed by atoms with Gasteiger partial charge in [0.2, 0.25) is 0 Å². The Kier molecular flexibility index (Phi) is 5.80. The standard InChI is InChI=1S/C16H11Cl3N4O4S/c17-11-5-4-10(14(18)6-11)8-22-9-15(19)16(20-22)21-28(26,27)13-3-1-2-12(7-13)23(24)25/h1-7,9H,8H2,(H,20,21). The van der Waals surface area contributed by atoms with Crippen molar-refractivity contribution < 1.29 is 13.3 Å². The second-order valence-electron chi connectivity index (χ2n) is 5.62. The van der Waals surface area contributed by atoms with Gasteiger partial charge in [0.25, 0.3) is 15.7 Å². The lowest BCUT2D eigenvalue weighted by Gasteiger charge is -2.06. The van der Waals surface area contributed by atoms with E-state index in [-0.39, 0.29) is 28.0 Å². The number of aromatic nitrogens is 2. The molecule has 0 amide bonds. The van der Waals surface area contributed by atoms with E-state index in [2.05, 4.69) is 9.82 Å². The molecule has 28 heavy (non-hydrogen) atoms. The van der Waals surface area contributed by atoms with Crippen molar-refractivity contribution in [3.8, 4) is 0 Å². The molecule has 0 saturated heterocycles. The van der Waals surface area contributed by atoms with Crippen LogP contribution in [0, 0.1) is 10.1 Å². The summed E-state index contributed by atoms with van der Waals surface area (Å²) in [4.78, 5) is 9.88. The minimum absolute atomic E-state index is 0.0547. The predicted molar refractivity (Wildman–Crippen MR) is 107 cm³/mol. The van der Waals surface area contributed by atoms with E-state index < -0.39 is 14.9 Å². The Bertz CT molecular complexity index is 1160. The molecule has 1 aromatic heterocycles. The lowest BCUT2D eigenvalue weighted by molar-refractivity contribution is -0.385. The van der Waals surface area contributed by atoms with Crippen molar-refractivity contribution in [1.82, 2.24) is 9.78 Å². The molecule has 0 aliphatic heterocycles. The highest BCUT2D eigenvalue weighted by atomic mass is 35.5. The molecule has 1 N–H and O–H groups in total. The Morgan fingerprint density at radius 2 is 1.86 bits per heavy atom. The quantitative estimate of drug-likeness (QED) is 0.426. The van der Waals surface area contributed by atoms with Crippen molar-refractivity contribution >= 4 is 56.3 Å². The van der Waals surface area contributed by atoms with Gasteiger partial charge in [0, 0.05) is 28.4 Å². The van der Waals surface area contributed by atoms with Crippen LogP contribution in [0.2, 0.25) is 15.1 Å². The van der Waals surface area contributed by atoms with Gasteiger partial charge in [-0.3, -0.25) is 19.5 Å². The lowest BCUT2D eigenvalue weighted by atomic mass is 10.2. The molecule has 3 aromatic rings. The molecule has 12 heteroatoms. The number of sulfonamides is 1. The van der Waals surface area contributed by atoms with Crippen LogP contribution < -0.4 is 4.72 Å². The lowest BCUT2D eigenvalue weighted by Crippen LogP contribution is -2.14. The van der Waals surface area contributed by atoms with Crippen LogP contribution in [-0.2, 0) is 16.6 Å². The van der Waals surface area contributed by atoms with E-state index in [4.69, 9.17) is 34.8 Å². The predicted octanol–water partition coefficient (Wildman–Crippen LogP) is 4.60. The number of nitrogens with one attached hydrogen (secondary N) is 1. The molecule has 0 saturated carbocycles. The molecule has 1 heterocycles. The molecule has 0 bridgehead atoms. The summed E-state index contributed by atoms with van der Waals surface area (Å²) in [7, 11) is -4.12. The minimum Gasteiger partial charge on any atom is -0.265 e. The van der Waals surface area contributed by atoms with Crippen molar-refractivity contribution in [3.05, 3.63) is 79.4 Å². The van der Waals surface area contributed by atoms with Crippen LogP contribution in [0.4, 0.5) is 11.5 Å². The van der Waals surface area contributed by atoms with Gasteiger partial charge in [-0.2, -0.15) is 5.10 Å². The zero-order valence-corrected chi connectivity index (χ0v) is 16.9. The summed E-state index contributed by atoms with van der Waals surface area (Å²) in [5.41, 5.74) is 0.357. The number of halogens is 3. The molecule has 3 rings (SSSR count). The fraction of sp³-hybridized carbons (Fsp3) is 0.0625. The van der Waals surface area contributed by atoms with Crippen LogP contribution in [0.3, 0.4) is 0 Å². The molecular formula is C16H11Cl3N4O4S. The maximum atomic E-state index is 12.5. The average molecular weight is 462 g/mol. The SMILES string of the molecule is O=[N+]([O-])c1cccc(S(=O)(=O)Nc2nn(Cc3ccc(Cl)cc3Cl)cc2Cl)c1. The van der Waals surface area contributed by atoms with Crippen LogP contribution in [0.5, 0.6) is 0 Å². The molecule has 0 aliphatic carbocycles.